The van der Waals surface area contributed by atoms with E-state index in [4.69, 9.17) is 0 Å². The van der Waals surface area contributed by atoms with Crippen LogP contribution in [0.4, 0.5) is 5.69 Å². The van der Waals surface area contributed by atoms with Crippen molar-refractivity contribution in [3.8, 4) is 11.1 Å². The van der Waals surface area contributed by atoms with E-state index in [-0.39, 0.29) is 5.69 Å². The van der Waals surface area contributed by atoms with Gasteiger partial charge in [0.25, 0.3) is 5.69 Å². The summed E-state index contributed by atoms with van der Waals surface area (Å²) >= 11 is 0. The minimum Gasteiger partial charge on any atom is -0.264 e. The quantitative estimate of drug-likeness (QED) is 0.569. The molecule has 0 aliphatic rings. The van der Waals surface area contributed by atoms with E-state index < -0.39 is 4.92 Å². The van der Waals surface area contributed by atoms with E-state index in [1.165, 1.54) is 12.3 Å². The Morgan fingerprint density at radius 1 is 1.06 bits per heavy atom. The van der Waals surface area contributed by atoms with Crippen LogP contribution in [0.2, 0.25) is 0 Å². The van der Waals surface area contributed by atoms with Crippen LogP contribution < -0.4 is 0 Å². The maximum absolute atomic E-state index is 10.6. The first kappa shape index (κ1) is 10.2. The zero-order chi connectivity index (χ0) is 11.5. The molecule has 0 fully saturated rings. The third-order valence-electron chi connectivity index (χ3n) is 2.14. The number of hydrogen-bond donors (Lipinski definition) is 0. The lowest BCUT2D eigenvalue weighted by atomic mass is 10.1. The van der Waals surface area contributed by atoms with Gasteiger partial charge in [0.05, 0.1) is 4.92 Å². The van der Waals surface area contributed by atoms with Crippen molar-refractivity contribution in [2.75, 3.05) is 0 Å². The van der Waals surface area contributed by atoms with Gasteiger partial charge < -0.3 is 0 Å². The van der Waals surface area contributed by atoms with E-state index >= 15 is 0 Å². The van der Waals surface area contributed by atoms with Crippen LogP contribution in [0.3, 0.4) is 0 Å². The lowest BCUT2D eigenvalue weighted by Gasteiger charge is -2.01. The van der Waals surface area contributed by atoms with E-state index in [1.807, 2.05) is 13.0 Å². The van der Waals surface area contributed by atoms with Crippen molar-refractivity contribution in [2.45, 2.75) is 6.92 Å². The normalized spacial score (nSPS) is 10.1. The summed E-state index contributed by atoms with van der Waals surface area (Å²) in [6.07, 6.45) is 6.21. The molecule has 5 nitrogen and oxygen atoms in total. The molecule has 2 rings (SSSR count). The highest BCUT2D eigenvalue weighted by atomic mass is 16.6. The molecule has 0 aliphatic carbocycles. The summed E-state index contributed by atoms with van der Waals surface area (Å²) in [6, 6.07) is 3.40. The third-order valence-corrected chi connectivity index (χ3v) is 2.14. The summed E-state index contributed by atoms with van der Waals surface area (Å²) in [5.41, 5.74) is 2.52. The number of nitrogens with zero attached hydrogens (tertiary/aromatic N) is 3. The molecule has 5 heteroatoms. The number of aromatic nitrogens is 2. The molecule has 0 atom stereocenters. The maximum atomic E-state index is 10.6. The molecule has 0 saturated heterocycles. The minimum absolute atomic E-state index is 0.0148. The van der Waals surface area contributed by atoms with Crippen LogP contribution in [-0.2, 0) is 0 Å². The van der Waals surface area contributed by atoms with Gasteiger partial charge in [0.15, 0.2) is 0 Å². The van der Waals surface area contributed by atoms with Gasteiger partial charge >= 0.3 is 0 Å². The monoisotopic (exact) mass is 215 g/mol. The highest BCUT2D eigenvalue weighted by Crippen LogP contribution is 2.22. The highest BCUT2D eigenvalue weighted by molar-refractivity contribution is 5.64. The van der Waals surface area contributed by atoms with Crippen molar-refractivity contribution in [3.63, 3.8) is 0 Å². The van der Waals surface area contributed by atoms with Crippen LogP contribution in [0.1, 0.15) is 5.56 Å². The Bertz CT molecular complexity index is 540. The molecule has 0 N–H and O–H groups in total. The molecule has 80 valence electrons. The zero-order valence-corrected chi connectivity index (χ0v) is 8.62. The summed E-state index contributed by atoms with van der Waals surface area (Å²) in [6.45, 7) is 1.92. The lowest BCUT2D eigenvalue weighted by Crippen LogP contribution is -1.90. The molecule has 16 heavy (non-hydrogen) atoms. The van der Waals surface area contributed by atoms with Crippen LogP contribution in [-0.4, -0.2) is 14.9 Å². The largest absolute Gasteiger partial charge is 0.288 e. The second kappa shape index (κ2) is 4.06. The molecule has 2 aromatic rings. The molecular weight excluding hydrogens is 206 g/mol. The van der Waals surface area contributed by atoms with Gasteiger partial charge in [-0.25, -0.2) is 0 Å². The van der Waals surface area contributed by atoms with Gasteiger partial charge in [0.1, 0.15) is 6.20 Å². The van der Waals surface area contributed by atoms with Crippen molar-refractivity contribution >= 4 is 5.69 Å². The van der Waals surface area contributed by atoms with Gasteiger partial charge in [0.2, 0.25) is 0 Å². The molecule has 0 radical (unpaired) electrons. The second-order valence-electron chi connectivity index (χ2n) is 3.44. The summed E-state index contributed by atoms with van der Waals surface area (Å²) in [5, 5.41) is 10.6. The van der Waals surface area contributed by atoms with Gasteiger partial charge in [-0.1, -0.05) is 0 Å². The summed E-state index contributed by atoms with van der Waals surface area (Å²) in [5.74, 6) is 0. The smallest absolute Gasteiger partial charge is 0.264 e. The first-order chi connectivity index (χ1) is 7.66. The van der Waals surface area contributed by atoms with Crippen LogP contribution in [0, 0.1) is 17.0 Å². The van der Waals surface area contributed by atoms with Crippen molar-refractivity contribution in [2.24, 2.45) is 0 Å². The minimum atomic E-state index is -0.459. The van der Waals surface area contributed by atoms with E-state index in [0.29, 0.717) is 5.56 Å². The molecule has 0 saturated carbocycles. The third kappa shape index (κ3) is 2.03. The highest BCUT2D eigenvalue weighted by Gasteiger charge is 2.08. The van der Waals surface area contributed by atoms with Gasteiger partial charge in [-0.3, -0.25) is 20.1 Å². The Hall–Kier alpha value is -2.30. The topological polar surface area (TPSA) is 68.9 Å². The van der Waals surface area contributed by atoms with Crippen molar-refractivity contribution in [1.29, 1.82) is 0 Å². The fraction of sp³-hybridized carbons (Fsp3) is 0.0909. The fourth-order valence-corrected chi connectivity index (χ4v) is 1.40. The number of nitro groups is 1. The summed E-state index contributed by atoms with van der Waals surface area (Å²) in [7, 11) is 0. The van der Waals surface area contributed by atoms with Gasteiger partial charge in [-0.15, -0.1) is 0 Å². The average Bonchev–Trinajstić information content (AvgIpc) is 2.29. The number of aryl methyl sites for hydroxylation is 1. The summed E-state index contributed by atoms with van der Waals surface area (Å²) < 4.78 is 0. The van der Waals surface area contributed by atoms with Crippen LogP contribution in [0.15, 0.2) is 36.9 Å². The van der Waals surface area contributed by atoms with Gasteiger partial charge in [-0.2, -0.15) is 0 Å². The maximum Gasteiger partial charge on any atom is 0.288 e. The second-order valence-corrected chi connectivity index (χ2v) is 3.44. The molecule has 0 bridgehead atoms. The Labute approximate surface area is 91.9 Å². The SMILES string of the molecule is Cc1cncc(-c2cncc([N+](=O)[O-])c2)c1. The lowest BCUT2D eigenvalue weighted by molar-refractivity contribution is -0.385. The van der Waals surface area contributed by atoms with Crippen LogP contribution in [0.25, 0.3) is 11.1 Å². The average molecular weight is 215 g/mol. The van der Waals surface area contributed by atoms with Gasteiger partial charge in [-0.05, 0) is 18.6 Å². The van der Waals surface area contributed by atoms with Crippen molar-refractivity contribution in [1.82, 2.24) is 9.97 Å². The van der Waals surface area contributed by atoms with E-state index in [2.05, 4.69) is 9.97 Å². The van der Waals surface area contributed by atoms with Crippen LogP contribution in [0.5, 0.6) is 0 Å². The Kier molecular flexibility index (Phi) is 2.59. The van der Waals surface area contributed by atoms with E-state index in [1.54, 1.807) is 18.6 Å². The number of pyridine rings is 2. The molecule has 2 heterocycles. The standard InChI is InChI=1S/C11H9N3O2/c1-8-2-9(5-12-4-8)10-3-11(14(15)16)7-13-6-10/h2-7H,1H3. The fourth-order valence-electron chi connectivity index (χ4n) is 1.40. The zero-order valence-electron chi connectivity index (χ0n) is 8.62. The van der Waals surface area contributed by atoms with Crippen molar-refractivity contribution in [3.05, 3.63) is 52.6 Å². The molecule has 0 aliphatic heterocycles. The predicted octanol–water partition coefficient (Wildman–Crippen LogP) is 2.36. The molecule has 0 spiro atoms. The van der Waals surface area contributed by atoms with E-state index in [9.17, 15) is 10.1 Å². The van der Waals surface area contributed by atoms with Gasteiger partial charge in [0, 0.05) is 35.8 Å². The molecular formula is C11H9N3O2. The Morgan fingerprint density at radius 2 is 1.69 bits per heavy atom. The molecule has 0 unspecified atom stereocenters. The first-order valence-electron chi connectivity index (χ1n) is 4.68. The number of hydrogen-bond acceptors (Lipinski definition) is 4. The van der Waals surface area contributed by atoms with Crippen LogP contribution >= 0.6 is 0 Å². The van der Waals surface area contributed by atoms with Crippen molar-refractivity contribution < 1.29 is 4.92 Å². The predicted molar refractivity (Wildman–Crippen MR) is 58.9 cm³/mol. The summed E-state index contributed by atoms with van der Waals surface area (Å²) in [4.78, 5) is 18.0. The first-order valence-corrected chi connectivity index (χ1v) is 4.68. The Balaban J connectivity index is 2.48. The molecule has 0 amide bonds. The van der Waals surface area contributed by atoms with E-state index in [0.717, 1.165) is 11.1 Å². The molecule has 0 aromatic carbocycles. The Morgan fingerprint density at radius 3 is 2.31 bits per heavy atom. The molecule has 2 aromatic heterocycles. The number of rotatable bonds is 2.